The number of carbonyl (C=O) groups is 2. The number of primary amides is 1. The second-order valence-corrected chi connectivity index (χ2v) is 7.07. The first kappa shape index (κ1) is 16.0. The molecular weight excluding hydrogens is 292 g/mol. The molecule has 126 valence electrons. The zero-order chi connectivity index (χ0) is 16.4. The Balaban J connectivity index is 1.51. The number of aromatic amines is 1. The summed E-state index contributed by atoms with van der Waals surface area (Å²) in [6.45, 7) is 3.82. The topological polar surface area (TPSA) is 92.1 Å². The molecule has 0 aromatic carbocycles. The fourth-order valence-corrected chi connectivity index (χ4v) is 3.95. The quantitative estimate of drug-likeness (QED) is 0.890. The van der Waals surface area contributed by atoms with Crippen LogP contribution in [0, 0.1) is 11.8 Å². The fraction of sp³-hybridized carbons (Fsp3) is 0.706. The lowest BCUT2D eigenvalue weighted by molar-refractivity contribution is -0.133. The van der Waals surface area contributed by atoms with E-state index in [-0.39, 0.29) is 5.92 Å². The molecule has 2 aliphatic rings. The van der Waals surface area contributed by atoms with Crippen LogP contribution in [0.1, 0.15) is 67.7 Å². The molecule has 1 aliphatic carbocycles. The predicted molar refractivity (Wildman–Crippen MR) is 86.8 cm³/mol. The molecule has 2 unspecified atom stereocenters. The van der Waals surface area contributed by atoms with Gasteiger partial charge >= 0.3 is 0 Å². The number of rotatable bonds is 4. The van der Waals surface area contributed by atoms with Gasteiger partial charge in [0.25, 0.3) is 5.91 Å². The van der Waals surface area contributed by atoms with Gasteiger partial charge in [-0.25, -0.2) is 4.98 Å². The molecule has 1 aromatic heterocycles. The van der Waals surface area contributed by atoms with Crippen LogP contribution in [0.5, 0.6) is 0 Å². The van der Waals surface area contributed by atoms with E-state index in [1.54, 1.807) is 0 Å². The van der Waals surface area contributed by atoms with Crippen molar-refractivity contribution in [1.82, 2.24) is 14.9 Å². The van der Waals surface area contributed by atoms with E-state index < -0.39 is 5.91 Å². The minimum atomic E-state index is -0.484. The Kier molecular flexibility index (Phi) is 4.68. The van der Waals surface area contributed by atoms with Crippen LogP contribution in [0.25, 0.3) is 0 Å². The molecule has 0 radical (unpaired) electrons. The Morgan fingerprint density at radius 2 is 2.04 bits per heavy atom. The number of aromatic nitrogens is 2. The van der Waals surface area contributed by atoms with Crippen LogP contribution in [0.15, 0.2) is 6.20 Å². The molecule has 0 spiro atoms. The standard InChI is InChI=1S/C17H26N4O2/c1-11-3-2-4-13(11)9-15(22)21-7-5-12(6-8-21)17-19-10-14(20-17)16(18)23/h10-13H,2-9H2,1H3,(H2,18,23)(H,19,20). The molecule has 2 heterocycles. The predicted octanol–water partition coefficient (Wildman–Crippen LogP) is 2.04. The number of piperidine rings is 1. The van der Waals surface area contributed by atoms with Crippen LogP contribution in [-0.2, 0) is 4.79 Å². The molecule has 1 saturated carbocycles. The van der Waals surface area contributed by atoms with Gasteiger partial charge in [0.2, 0.25) is 5.91 Å². The SMILES string of the molecule is CC1CCCC1CC(=O)N1CCC(c2ncc(C(N)=O)[nH]2)CC1. The number of carbonyl (C=O) groups excluding carboxylic acids is 2. The average molecular weight is 318 g/mol. The molecular formula is C17H26N4O2. The monoisotopic (exact) mass is 318 g/mol. The molecule has 1 saturated heterocycles. The second kappa shape index (κ2) is 6.72. The number of imidazole rings is 1. The van der Waals surface area contributed by atoms with E-state index >= 15 is 0 Å². The number of nitrogens with one attached hydrogen (secondary N) is 1. The number of likely N-dealkylation sites (tertiary alicyclic amines) is 1. The fourth-order valence-electron chi connectivity index (χ4n) is 3.95. The Hall–Kier alpha value is -1.85. The average Bonchev–Trinajstić information content (AvgIpc) is 3.17. The molecule has 6 heteroatoms. The van der Waals surface area contributed by atoms with Crippen LogP contribution in [-0.4, -0.2) is 39.8 Å². The van der Waals surface area contributed by atoms with Crippen molar-refractivity contribution >= 4 is 11.8 Å². The summed E-state index contributed by atoms with van der Waals surface area (Å²) in [5.74, 6) is 2.17. The van der Waals surface area contributed by atoms with Crippen molar-refractivity contribution in [2.24, 2.45) is 17.6 Å². The number of amides is 2. The summed E-state index contributed by atoms with van der Waals surface area (Å²) in [6, 6.07) is 0. The molecule has 2 amide bonds. The van der Waals surface area contributed by atoms with Crippen molar-refractivity contribution in [1.29, 1.82) is 0 Å². The summed E-state index contributed by atoms with van der Waals surface area (Å²) >= 11 is 0. The van der Waals surface area contributed by atoms with Gasteiger partial charge in [0, 0.05) is 25.4 Å². The highest BCUT2D eigenvalue weighted by atomic mass is 16.2. The van der Waals surface area contributed by atoms with Crippen LogP contribution >= 0.6 is 0 Å². The Morgan fingerprint density at radius 1 is 1.30 bits per heavy atom. The normalized spacial score (nSPS) is 25.7. The number of H-pyrrole nitrogens is 1. The van der Waals surface area contributed by atoms with E-state index in [4.69, 9.17) is 5.73 Å². The van der Waals surface area contributed by atoms with E-state index in [2.05, 4.69) is 16.9 Å². The molecule has 23 heavy (non-hydrogen) atoms. The van der Waals surface area contributed by atoms with Gasteiger partial charge in [0.15, 0.2) is 0 Å². The molecule has 3 N–H and O–H groups in total. The zero-order valence-electron chi connectivity index (χ0n) is 13.8. The van der Waals surface area contributed by atoms with Crippen molar-refractivity contribution < 1.29 is 9.59 Å². The molecule has 6 nitrogen and oxygen atoms in total. The summed E-state index contributed by atoms with van der Waals surface area (Å²) in [4.78, 5) is 32.9. The van der Waals surface area contributed by atoms with Crippen molar-refractivity contribution in [2.75, 3.05) is 13.1 Å². The minimum Gasteiger partial charge on any atom is -0.364 e. The van der Waals surface area contributed by atoms with E-state index in [0.717, 1.165) is 31.8 Å². The first-order valence-corrected chi connectivity index (χ1v) is 8.67. The smallest absolute Gasteiger partial charge is 0.266 e. The van der Waals surface area contributed by atoms with E-state index in [9.17, 15) is 9.59 Å². The van der Waals surface area contributed by atoms with Crippen LogP contribution in [0.3, 0.4) is 0 Å². The Bertz CT molecular complexity index is 575. The highest BCUT2D eigenvalue weighted by Crippen LogP contribution is 2.34. The highest BCUT2D eigenvalue weighted by Gasteiger charge is 2.30. The van der Waals surface area contributed by atoms with Gasteiger partial charge in [-0.2, -0.15) is 0 Å². The van der Waals surface area contributed by atoms with Crippen LogP contribution in [0.4, 0.5) is 0 Å². The van der Waals surface area contributed by atoms with Crippen molar-refractivity contribution in [3.63, 3.8) is 0 Å². The lowest BCUT2D eigenvalue weighted by Gasteiger charge is -2.32. The van der Waals surface area contributed by atoms with Crippen molar-refractivity contribution in [2.45, 2.75) is 51.4 Å². The Morgan fingerprint density at radius 3 is 2.61 bits per heavy atom. The van der Waals surface area contributed by atoms with Gasteiger partial charge in [-0.15, -0.1) is 0 Å². The lowest BCUT2D eigenvalue weighted by atomic mass is 9.92. The van der Waals surface area contributed by atoms with Crippen LogP contribution < -0.4 is 5.73 Å². The van der Waals surface area contributed by atoms with Crippen molar-refractivity contribution in [3.8, 4) is 0 Å². The largest absolute Gasteiger partial charge is 0.364 e. The maximum absolute atomic E-state index is 12.5. The number of nitrogens with two attached hydrogens (primary N) is 1. The summed E-state index contributed by atoms with van der Waals surface area (Å²) in [5, 5.41) is 0. The van der Waals surface area contributed by atoms with Gasteiger partial charge in [-0.1, -0.05) is 19.8 Å². The number of nitrogens with zero attached hydrogens (tertiary/aromatic N) is 2. The van der Waals surface area contributed by atoms with Gasteiger partial charge in [0.05, 0.1) is 6.20 Å². The van der Waals surface area contributed by atoms with Crippen LogP contribution in [0.2, 0.25) is 0 Å². The number of hydrogen-bond donors (Lipinski definition) is 2. The second-order valence-electron chi connectivity index (χ2n) is 7.07. The molecule has 1 aliphatic heterocycles. The summed E-state index contributed by atoms with van der Waals surface area (Å²) < 4.78 is 0. The highest BCUT2D eigenvalue weighted by molar-refractivity contribution is 5.90. The van der Waals surface area contributed by atoms with E-state index in [1.807, 2.05) is 4.90 Å². The minimum absolute atomic E-state index is 0.276. The maximum atomic E-state index is 12.5. The Labute approximate surface area is 136 Å². The summed E-state index contributed by atoms with van der Waals surface area (Å²) in [5.41, 5.74) is 5.60. The zero-order valence-corrected chi connectivity index (χ0v) is 13.8. The van der Waals surface area contributed by atoms with Gasteiger partial charge in [0.1, 0.15) is 11.5 Å². The van der Waals surface area contributed by atoms with Gasteiger partial charge in [-0.05, 0) is 31.1 Å². The molecule has 2 fully saturated rings. The summed E-state index contributed by atoms with van der Waals surface area (Å²) in [7, 11) is 0. The molecule has 2 atom stereocenters. The third kappa shape index (κ3) is 3.57. The number of hydrogen-bond acceptors (Lipinski definition) is 3. The molecule has 3 rings (SSSR count). The lowest BCUT2D eigenvalue weighted by Crippen LogP contribution is -2.39. The van der Waals surface area contributed by atoms with Gasteiger partial charge in [-0.3, -0.25) is 9.59 Å². The van der Waals surface area contributed by atoms with Crippen molar-refractivity contribution in [3.05, 3.63) is 17.7 Å². The third-order valence-corrected chi connectivity index (χ3v) is 5.57. The third-order valence-electron chi connectivity index (χ3n) is 5.57. The van der Waals surface area contributed by atoms with E-state index in [1.165, 1.54) is 25.5 Å². The maximum Gasteiger partial charge on any atom is 0.266 e. The molecule has 0 bridgehead atoms. The van der Waals surface area contributed by atoms with E-state index in [0.29, 0.717) is 29.9 Å². The van der Waals surface area contributed by atoms with Gasteiger partial charge < -0.3 is 15.6 Å². The first-order chi connectivity index (χ1) is 11.0. The molecule has 1 aromatic rings. The summed E-state index contributed by atoms with van der Waals surface area (Å²) in [6.07, 6.45) is 7.71. The first-order valence-electron chi connectivity index (χ1n) is 8.67.